The number of ether oxygens (including phenoxy) is 2. The van der Waals surface area contributed by atoms with Crippen molar-refractivity contribution >= 4 is 0 Å². The normalized spacial score (nSPS) is 10.4. The quantitative estimate of drug-likeness (QED) is 0.396. The zero-order valence-corrected chi connectivity index (χ0v) is 20.2. The molecule has 0 saturated heterocycles. The summed E-state index contributed by atoms with van der Waals surface area (Å²) in [5, 5.41) is 0. The summed E-state index contributed by atoms with van der Waals surface area (Å²) in [6.07, 6.45) is 0. The fourth-order valence-corrected chi connectivity index (χ4v) is 3.19. The molecule has 3 aromatic carbocycles. The largest absolute Gasteiger partial charge is 1.00 e. The summed E-state index contributed by atoms with van der Waals surface area (Å²) in [4.78, 5) is 25.7. The summed E-state index contributed by atoms with van der Waals surface area (Å²) in [6.45, 7) is 4.56. The van der Waals surface area contributed by atoms with Gasteiger partial charge in [-0.1, -0.05) is 42.5 Å². The van der Waals surface area contributed by atoms with Crippen LogP contribution in [0, 0.1) is 13.8 Å². The van der Waals surface area contributed by atoms with Crippen molar-refractivity contribution < 1.29 is 43.6 Å². The summed E-state index contributed by atoms with van der Waals surface area (Å²) in [6, 6.07) is 21.0. The fraction of sp³-hybridized carbons (Fsp3) is 0.167. The van der Waals surface area contributed by atoms with E-state index in [1.807, 2.05) is 56.3 Å². The van der Waals surface area contributed by atoms with Gasteiger partial charge in [0.15, 0.2) is 5.69 Å². The molecular formula is C24H21N2NaO5. The van der Waals surface area contributed by atoms with Crippen LogP contribution in [0.2, 0.25) is 0 Å². The average Bonchev–Trinajstić information content (AvgIpc) is 3.07. The van der Waals surface area contributed by atoms with E-state index in [0.29, 0.717) is 12.4 Å². The summed E-state index contributed by atoms with van der Waals surface area (Å²) >= 11 is 0. The van der Waals surface area contributed by atoms with Gasteiger partial charge in [-0.05, 0) is 60.4 Å². The molecule has 8 heteroatoms. The average molecular weight is 440 g/mol. The van der Waals surface area contributed by atoms with Gasteiger partial charge < -0.3 is 19.0 Å². The molecule has 0 N–H and O–H groups in total. The molecular weight excluding hydrogens is 419 g/mol. The number of aromatic nitrogens is 2. The van der Waals surface area contributed by atoms with Crippen molar-refractivity contribution in [3.05, 3.63) is 110 Å². The number of hydrogen-bond acceptors (Lipinski definition) is 5. The Labute approximate surface area is 206 Å². The Balaban J connectivity index is 0.00000289. The van der Waals surface area contributed by atoms with Crippen LogP contribution in [0.1, 0.15) is 22.3 Å². The molecule has 0 aliphatic rings. The van der Waals surface area contributed by atoms with E-state index in [1.165, 1.54) is 0 Å². The minimum atomic E-state index is -0.895. The molecule has 0 aliphatic heterocycles. The number of para-hydroxylation sites is 1. The number of hydrogen-bond donors (Lipinski definition) is 0. The molecule has 0 spiro atoms. The van der Waals surface area contributed by atoms with Gasteiger partial charge in [-0.25, -0.2) is 4.79 Å². The van der Waals surface area contributed by atoms with Crippen molar-refractivity contribution in [2.24, 2.45) is 0 Å². The predicted molar refractivity (Wildman–Crippen MR) is 115 cm³/mol. The molecule has 1 heterocycles. The maximum Gasteiger partial charge on any atom is 1.00 e. The van der Waals surface area contributed by atoms with Crippen LogP contribution >= 0.6 is 0 Å². The minimum Gasteiger partial charge on any atom is -0.489 e. The molecule has 0 aliphatic carbocycles. The number of aryl methyl sites for hydroxylation is 2. The van der Waals surface area contributed by atoms with Gasteiger partial charge in [0.2, 0.25) is 0 Å². The van der Waals surface area contributed by atoms with E-state index < -0.39 is 11.4 Å². The Morgan fingerprint density at radius 2 is 1.56 bits per heavy atom. The van der Waals surface area contributed by atoms with E-state index in [9.17, 15) is 9.59 Å². The molecule has 0 fully saturated rings. The van der Waals surface area contributed by atoms with Gasteiger partial charge in [0.05, 0.1) is 0 Å². The molecule has 0 atom stereocenters. The number of nitrogens with zero attached hydrogens (tertiary/aromatic N) is 2. The Bertz CT molecular complexity index is 1280. The zero-order valence-electron chi connectivity index (χ0n) is 18.2. The first-order valence-corrected chi connectivity index (χ1v) is 9.78. The maximum atomic E-state index is 11.5. The molecule has 4 rings (SSSR count). The molecule has 4 aromatic rings. The standard InChI is InChI=1S/C24H22N2O5.Na/c1-16-5-3-6-17(2)22(16)30-21-8-4-7-19(13-21)15-29-20-11-9-18(10-12-20)14-26-23(27)25-24(28)31-26;/h3-13H,14-15H2,1-2H3,(H,25,27,28);/q;+1/p-1. The van der Waals surface area contributed by atoms with E-state index in [0.717, 1.165) is 38.5 Å². The Kier molecular flexibility index (Phi) is 7.80. The molecule has 0 saturated carbocycles. The molecule has 158 valence electrons. The number of rotatable bonds is 7. The molecule has 0 radical (unpaired) electrons. The van der Waals surface area contributed by atoms with Gasteiger partial charge in [-0.3, -0.25) is 9.53 Å². The third-order valence-electron chi connectivity index (χ3n) is 4.77. The van der Waals surface area contributed by atoms with Crippen LogP contribution in [0.15, 0.2) is 80.8 Å². The van der Waals surface area contributed by atoms with Gasteiger partial charge in [0, 0.05) is 6.54 Å². The first-order chi connectivity index (χ1) is 15.0. The van der Waals surface area contributed by atoms with Crippen LogP contribution in [0.3, 0.4) is 0 Å². The third-order valence-corrected chi connectivity index (χ3v) is 4.77. The SMILES string of the molecule is Cc1cccc(C)c1Oc1cccc(COc2ccc(Cn3oc(=O)[n-]c3=O)cc2)c1.[Na+]. The second kappa shape index (κ2) is 10.5. The Morgan fingerprint density at radius 1 is 0.875 bits per heavy atom. The molecule has 0 amide bonds. The van der Waals surface area contributed by atoms with E-state index in [2.05, 4.69) is 4.98 Å². The topological polar surface area (TPSA) is 84.8 Å². The maximum absolute atomic E-state index is 11.5. The van der Waals surface area contributed by atoms with E-state index in [-0.39, 0.29) is 36.1 Å². The van der Waals surface area contributed by atoms with E-state index >= 15 is 0 Å². The van der Waals surface area contributed by atoms with Crippen molar-refractivity contribution in [1.82, 2.24) is 9.72 Å². The Morgan fingerprint density at radius 3 is 2.22 bits per heavy atom. The first kappa shape index (κ1) is 23.7. The van der Waals surface area contributed by atoms with Crippen molar-refractivity contribution in [2.75, 3.05) is 0 Å². The molecule has 0 unspecified atom stereocenters. The molecule has 0 bridgehead atoms. The van der Waals surface area contributed by atoms with Crippen molar-refractivity contribution in [1.29, 1.82) is 0 Å². The summed E-state index contributed by atoms with van der Waals surface area (Å²) in [5.74, 6) is 1.41. The van der Waals surface area contributed by atoms with Crippen LogP contribution in [0.4, 0.5) is 0 Å². The fourth-order valence-electron chi connectivity index (χ4n) is 3.19. The number of benzene rings is 3. The van der Waals surface area contributed by atoms with Gasteiger partial charge in [-0.15, -0.1) is 0 Å². The first-order valence-electron chi connectivity index (χ1n) is 9.78. The summed E-state index contributed by atoms with van der Waals surface area (Å²) in [7, 11) is 0. The second-order valence-electron chi connectivity index (χ2n) is 7.19. The monoisotopic (exact) mass is 440 g/mol. The van der Waals surface area contributed by atoms with Crippen LogP contribution in [-0.4, -0.2) is 4.74 Å². The van der Waals surface area contributed by atoms with Gasteiger partial charge in [-0.2, -0.15) is 0 Å². The Hall–Kier alpha value is -3.00. The smallest absolute Gasteiger partial charge is 0.489 e. The molecule has 1 aromatic heterocycles. The third kappa shape index (κ3) is 5.82. The van der Waals surface area contributed by atoms with Gasteiger partial charge in [0.25, 0.3) is 0 Å². The summed E-state index contributed by atoms with van der Waals surface area (Å²) < 4.78 is 17.6. The van der Waals surface area contributed by atoms with Crippen molar-refractivity contribution in [3.63, 3.8) is 0 Å². The van der Waals surface area contributed by atoms with E-state index in [4.69, 9.17) is 14.0 Å². The van der Waals surface area contributed by atoms with Crippen LogP contribution in [-0.2, 0) is 13.2 Å². The van der Waals surface area contributed by atoms with Crippen LogP contribution in [0.5, 0.6) is 17.2 Å². The minimum absolute atomic E-state index is 0. The van der Waals surface area contributed by atoms with Crippen molar-refractivity contribution in [2.45, 2.75) is 27.0 Å². The van der Waals surface area contributed by atoms with Crippen molar-refractivity contribution in [3.8, 4) is 17.2 Å². The van der Waals surface area contributed by atoms with Gasteiger partial charge >= 0.3 is 35.3 Å². The second-order valence-corrected chi connectivity index (χ2v) is 7.19. The van der Waals surface area contributed by atoms with Crippen LogP contribution in [0.25, 0.3) is 0 Å². The van der Waals surface area contributed by atoms with Crippen LogP contribution < -0.4 is 55.5 Å². The zero-order chi connectivity index (χ0) is 21.8. The predicted octanol–water partition coefficient (Wildman–Crippen LogP) is 0.799. The molecule has 32 heavy (non-hydrogen) atoms. The van der Waals surface area contributed by atoms with E-state index in [1.54, 1.807) is 24.3 Å². The summed E-state index contributed by atoms with van der Waals surface area (Å²) in [5.41, 5.74) is 3.23. The molecule has 7 nitrogen and oxygen atoms in total. The van der Waals surface area contributed by atoms with Gasteiger partial charge in [0.1, 0.15) is 23.9 Å².